The number of fused-ring (bicyclic) bond motifs is 3. The van der Waals surface area contributed by atoms with Gasteiger partial charge in [0.2, 0.25) is 0 Å². The fraction of sp³-hybridized carbons (Fsp3) is 0.150. The summed E-state index contributed by atoms with van der Waals surface area (Å²) in [6.45, 7) is 3.57. The third-order valence-corrected chi connectivity index (χ3v) is 4.28. The van der Waals surface area contributed by atoms with Crippen molar-refractivity contribution >= 4 is 22.3 Å². The van der Waals surface area contributed by atoms with Crippen LogP contribution in [0.4, 0.5) is 0 Å². The third-order valence-electron chi connectivity index (χ3n) is 4.28. The molecule has 26 heavy (non-hydrogen) atoms. The summed E-state index contributed by atoms with van der Waals surface area (Å²) in [5.41, 5.74) is 1.70. The minimum absolute atomic E-state index is 0.234. The van der Waals surface area contributed by atoms with E-state index in [2.05, 4.69) is 4.98 Å². The summed E-state index contributed by atoms with van der Waals surface area (Å²) in [5.74, 6) is -0.271. The second-order valence-electron chi connectivity index (χ2n) is 5.81. The first-order chi connectivity index (χ1) is 12.6. The van der Waals surface area contributed by atoms with Crippen molar-refractivity contribution in [1.82, 2.24) is 9.38 Å². The Hall–Kier alpha value is -3.41. The molecule has 0 aromatic carbocycles. The van der Waals surface area contributed by atoms with Crippen molar-refractivity contribution in [3.63, 3.8) is 0 Å². The molecule has 0 spiro atoms. The largest absolute Gasteiger partial charge is 0.462 e. The van der Waals surface area contributed by atoms with Crippen LogP contribution in [0.3, 0.4) is 0 Å². The lowest BCUT2D eigenvalue weighted by molar-refractivity contribution is 0.0524. The molecule has 0 N–H and O–H groups in total. The van der Waals surface area contributed by atoms with Gasteiger partial charge in [-0.3, -0.25) is 4.98 Å². The highest BCUT2D eigenvalue weighted by Crippen LogP contribution is 2.34. The molecule has 0 amide bonds. The first-order valence-electron chi connectivity index (χ1n) is 8.28. The van der Waals surface area contributed by atoms with Crippen LogP contribution in [0.5, 0.6) is 0 Å². The quantitative estimate of drug-likeness (QED) is 0.529. The van der Waals surface area contributed by atoms with Crippen molar-refractivity contribution < 1.29 is 13.9 Å². The van der Waals surface area contributed by atoms with Gasteiger partial charge in [-0.05, 0) is 38.1 Å². The summed E-state index contributed by atoms with van der Waals surface area (Å²) < 4.78 is 12.4. The number of carbonyl (C=O) groups excluding carboxylic acids is 1. The fourth-order valence-corrected chi connectivity index (χ4v) is 3.28. The molecule has 0 aliphatic heterocycles. The van der Waals surface area contributed by atoms with Crippen LogP contribution < -0.4 is 5.63 Å². The standard InChI is InChI=1S/C20H16N2O4/c1-3-25-19(23)15-12(2)26-20(24)17-16(15)14-9-5-7-11-22(14)18(17)13-8-4-6-10-21-13/h4-11H,3H2,1-2H3. The lowest BCUT2D eigenvalue weighted by atomic mass is 10.1. The number of carbonyl (C=O) groups is 1. The van der Waals surface area contributed by atoms with Crippen LogP contribution >= 0.6 is 0 Å². The number of rotatable bonds is 3. The Labute approximate surface area is 148 Å². The molecule has 4 rings (SSSR count). The molecule has 4 heterocycles. The lowest BCUT2D eigenvalue weighted by Crippen LogP contribution is -2.11. The van der Waals surface area contributed by atoms with E-state index in [-0.39, 0.29) is 17.9 Å². The van der Waals surface area contributed by atoms with E-state index in [0.717, 1.165) is 5.52 Å². The molecule has 130 valence electrons. The predicted octanol–water partition coefficient (Wildman–Crippen LogP) is 3.59. The topological polar surface area (TPSA) is 73.8 Å². The van der Waals surface area contributed by atoms with E-state index in [1.807, 2.05) is 40.9 Å². The zero-order valence-corrected chi connectivity index (χ0v) is 14.4. The average Bonchev–Trinajstić information content (AvgIpc) is 2.98. The van der Waals surface area contributed by atoms with Crippen LogP contribution in [0.1, 0.15) is 23.0 Å². The number of hydrogen-bond acceptors (Lipinski definition) is 5. The normalized spacial score (nSPS) is 11.2. The Kier molecular flexibility index (Phi) is 3.80. The summed E-state index contributed by atoms with van der Waals surface area (Å²) in [6.07, 6.45) is 3.49. The van der Waals surface area contributed by atoms with Gasteiger partial charge >= 0.3 is 11.6 Å². The van der Waals surface area contributed by atoms with Gasteiger partial charge < -0.3 is 13.6 Å². The number of aromatic nitrogens is 2. The molecule has 0 unspecified atom stereocenters. The molecular weight excluding hydrogens is 332 g/mol. The number of ether oxygens (including phenoxy) is 1. The first-order valence-corrected chi connectivity index (χ1v) is 8.28. The molecule has 0 aliphatic carbocycles. The van der Waals surface area contributed by atoms with Crippen molar-refractivity contribution in [2.24, 2.45) is 0 Å². The molecule has 0 fully saturated rings. The summed E-state index contributed by atoms with van der Waals surface area (Å²) in [7, 11) is 0. The average molecular weight is 348 g/mol. The fourth-order valence-electron chi connectivity index (χ4n) is 3.28. The van der Waals surface area contributed by atoms with Gasteiger partial charge in [-0.1, -0.05) is 12.1 Å². The second kappa shape index (κ2) is 6.15. The highest BCUT2D eigenvalue weighted by atomic mass is 16.5. The van der Waals surface area contributed by atoms with Crippen molar-refractivity contribution in [2.45, 2.75) is 13.8 Å². The van der Waals surface area contributed by atoms with E-state index in [0.29, 0.717) is 22.2 Å². The van der Waals surface area contributed by atoms with Crippen LogP contribution in [0.15, 0.2) is 58.0 Å². The summed E-state index contributed by atoms with van der Waals surface area (Å²) in [4.78, 5) is 29.7. The molecule has 0 saturated carbocycles. The number of nitrogens with zero attached hydrogens (tertiary/aromatic N) is 2. The van der Waals surface area contributed by atoms with Gasteiger partial charge in [0.1, 0.15) is 11.3 Å². The molecule has 4 aromatic rings. The molecule has 4 aromatic heterocycles. The third kappa shape index (κ3) is 2.30. The van der Waals surface area contributed by atoms with Gasteiger partial charge in [0, 0.05) is 17.8 Å². The maximum Gasteiger partial charge on any atom is 0.346 e. The van der Waals surface area contributed by atoms with Crippen LogP contribution in [-0.2, 0) is 4.74 Å². The van der Waals surface area contributed by atoms with E-state index in [9.17, 15) is 9.59 Å². The second-order valence-corrected chi connectivity index (χ2v) is 5.81. The number of hydrogen-bond donors (Lipinski definition) is 0. The van der Waals surface area contributed by atoms with Crippen LogP contribution in [0.25, 0.3) is 27.7 Å². The van der Waals surface area contributed by atoms with Gasteiger partial charge in [0.25, 0.3) is 0 Å². The Morgan fingerprint density at radius 3 is 2.73 bits per heavy atom. The Morgan fingerprint density at radius 1 is 1.19 bits per heavy atom. The highest BCUT2D eigenvalue weighted by Gasteiger charge is 2.26. The maximum atomic E-state index is 12.7. The molecule has 6 heteroatoms. The van der Waals surface area contributed by atoms with E-state index >= 15 is 0 Å². The molecule has 0 saturated heterocycles. The van der Waals surface area contributed by atoms with Gasteiger partial charge in [-0.15, -0.1) is 0 Å². The molecule has 0 atom stereocenters. The molecule has 0 aliphatic rings. The van der Waals surface area contributed by atoms with Crippen molar-refractivity contribution in [3.8, 4) is 11.4 Å². The SMILES string of the molecule is CCOC(=O)c1c(C)oc(=O)c2c(-c3ccccn3)n3ccccc3c12. The van der Waals surface area contributed by atoms with E-state index in [1.165, 1.54) is 0 Å². The number of pyridine rings is 2. The number of esters is 1. The Morgan fingerprint density at radius 2 is 2.00 bits per heavy atom. The van der Waals surface area contributed by atoms with Gasteiger partial charge in [0.15, 0.2) is 0 Å². The van der Waals surface area contributed by atoms with E-state index < -0.39 is 11.6 Å². The number of aryl methyl sites for hydroxylation is 1. The zero-order valence-electron chi connectivity index (χ0n) is 14.4. The first kappa shape index (κ1) is 16.1. The smallest absolute Gasteiger partial charge is 0.346 e. The summed E-state index contributed by atoms with van der Waals surface area (Å²) >= 11 is 0. The van der Waals surface area contributed by atoms with Crippen LogP contribution in [0, 0.1) is 6.92 Å². The molecule has 6 nitrogen and oxygen atoms in total. The molecule has 0 radical (unpaired) electrons. The van der Waals surface area contributed by atoms with Gasteiger partial charge in [-0.2, -0.15) is 0 Å². The lowest BCUT2D eigenvalue weighted by Gasteiger charge is -2.06. The van der Waals surface area contributed by atoms with Crippen molar-refractivity contribution in [3.05, 3.63) is 70.5 Å². The molecular formula is C20H16N2O4. The van der Waals surface area contributed by atoms with Crippen LogP contribution in [-0.4, -0.2) is 22.0 Å². The van der Waals surface area contributed by atoms with Crippen molar-refractivity contribution in [2.75, 3.05) is 6.61 Å². The Bertz CT molecular complexity index is 1190. The highest BCUT2D eigenvalue weighted by molar-refractivity contribution is 6.15. The minimum atomic E-state index is -0.511. The monoisotopic (exact) mass is 348 g/mol. The summed E-state index contributed by atoms with van der Waals surface area (Å²) in [5, 5.41) is 0.849. The molecule has 0 bridgehead atoms. The maximum absolute atomic E-state index is 12.7. The van der Waals surface area contributed by atoms with E-state index in [1.54, 1.807) is 26.1 Å². The zero-order chi connectivity index (χ0) is 18.3. The minimum Gasteiger partial charge on any atom is -0.462 e. The van der Waals surface area contributed by atoms with E-state index in [4.69, 9.17) is 9.15 Å². The van der Waals surface area contributed by atoms with Gasteiger partial charge in [-0.25, -0.2) is 9.59 Å². The van der Waals surface area contributed by atoms with Crippen molar-refractivity contribution in [1.29, 1.82) is 0 Å². The summed E-state index contributed by atoms with van der Waals surface area (Å²) in [6, 6.07) is 11.0. The predicted molar refractivity (Wildman–Crippen MR) is 97.4 cm³/mol. The Balaban J connectivity index is 2.25. The van der Waals surface area contributed by atoms with Gasteiger partial charge in [0.05, 0.1) is 28.9 Å². The van der Waals surface area contributed by atoms with Crippen LogP contribution in [0.2, 0.25) is 0 Å².